The van der Waals surface area contributed by atoms with Crippen molar-refractivity contribution in [2.75, 3.05) is 5.75 Å². The van der Waals surface area contributed by atoms with Gasteiger partial charge in [0.1, 0.15) is 5.69 Å². The molecule has 2 rings (SSSR count). The first-order chi connectivity index (χ1) is 6.34. The van der Waals surface area contributed by atoms with Gasteiger partial charge < -0.3 is 5.32 Å². The molecule has 1 fully saturated rings. The van der Waals surface area contributed by atoms with Gasteiger partial charge in [0, 0.05) is 0 Å². The van der Waals surface area contributed by atoms with Gasteiger partial charge in [-0.3, -0.25) is 9.79 Å². The van der Waals surface area contributed by atoms with Crippen molar-refractivity contribution < 1.29 is 4.79 Å². The molecule has 1 aromatic rings. The Balaban J connectivity index is 1.94. The van der Waals surface area contributed by atoms with Gasteiger partial charge in [-0.05, 0) is 0 Å². The van der Waals surface area contributed by atoms with Crippen LogP contribution in [0, 0.1) is 0 Å². The van der Waals surface area contributed by atoms with Crippen molar-refractivity contribution in [2.24, 2.45) is 4.99 Å². The van der Waals surface area contributed by atoms with E-state index in [0.717, 1.165) is 5.69 Å². The van der Waals surface area contributed by atoms with E-state index in [4.69, 9.17) is 0 Å². The Morgan fingerprint density at radius 2 is 2.62 bits per heavy atom. The molecule has 0 aliphatic carbocycles. The zero-order valence-electron chi connectivity index (χ0n) is 6.65. The number of hydrogen-bond acceptors (Lipinski definition) is 5. The fraction of sp³-hybridized carbons (Fsp3) is 0.333. The van der Waals surface area contributed by atoms with Crippen LogP contribution in [0.2, 0.25) is 0 Å². The number of aromatic nitrogens is 3. The lowest BCUT2D eigenvalue weighted by Gasteiger charge is -1.92. The number of rotatable bonds is 2. The summed E-state index contributed by atoms with van der Waals surface area (Å²) in [4.78, 5) is 14.9. The molecule has 2 heterocycles. The molecule has 0 spiro atoms. The van der Waals surface area contributed by atoms with Crippen LogP contribution in [0.1, 0.15) is 5.69 Å². The summed E-state index contributed by atoms with van der Waals surface area (Å²) in [7, 11) is 0. The first kappa shape index (κ1) is 8.24. The highest BCUT2D eigenvalue weighted by Gasteiger charge is 2.15. The number of carbonyl (C=O) groups excluding carboxylic acids is 1. The molecule has 0 bridgehead atoms. The molecule has 0 atom stereocenters. The molecule has 1 aliphatic heterocycles. The topological polar surface area (TPSA) is 83.0 Å². The number of aliphatic imine (C=N–C) groups is 1. The van der Waals surface area contributed by atoms with E-state index in [-0.39, 0.29) is 5.91 Å². The van der Waals surface area contributed by atoms with E-state index < -0.39 is 0 Å². The highest BCUT2D eigenvalue weighted by Crippen LogP contribution is 2.09. The summed E-state index contributed by atoms with van der Waals surface area (Å²) >= 11 is 1.40. The second-order valence-corrected chi connectivity index (χ2v) is 3.38. The van der Waals surface area contributed by atoms with Crippen LogP contribution in [0.3, 0.4) is 0 Å². The summed E-state index contributed by atoms with van der Waals surface area (Å²) in [6.45, 7) is 0.444. The van der Waals surface area contributed by atoms with E-state index in [0.29, 0.717) is 17.5 Å². The van der Waals surface area contributed by atoms with Crippen LogP contribution in [0.25, 0.3) is 0 Å². The van der Waals surface area contributed by atoms with Crippen LogP contribution >= 0.6 is 11.8 Å². The summed E-state index contributed by atoms with van der Waals surface area (Å²) in [6.07, 6.45) is 1.60. The average Bonchev–Trinajstić information content (AvgIpc) is 2.71. The molecule has 7 heteroatoms. The van der Waals surface area contributed by atoms with Crippen molar-refractivity contribution in [1.29, 1.82) is 0 Å². The standard InChI is InChI=1S/C6H7N5OS/c12-5-3-13-6(9-5)7-1-4-2-8-11-10-4/h2H,1,3H2,(H,7,9,12)(H,8,10,11). The van der Waals surface area contributed by atoms with Crippen LogP contribution in [0.5, 0.6) is 0 Å². The largest absolute Gasteiger partial charge is 0.305 e. The SMILES string of the molecule is O=C1CSC(=NCc2cn[nH]n2)N1. The third-order valence-electron chi connectivity index (χ3n) is 1.44. The van der Waals surface area contributed by atoms with Crippen LogP contribution in [0.15, 0.2) is 11.2 Å². The average molecular weight is 197 g/mol. The van der Waals surface area contributed by atoms with Gasteiger partial charge in [-0.2, -0.15) is 15.4 Å². The van der Waals surface area contributed by atoms with Crippen LogP contribution in [-0.4, -0.2) is 32.2 Å². The summed E-state index contributed by atoms with van der Waals surface area (Å²) in [5.74, 6) is 0.460. The highest BCUT2D eigenvalue weighted by molar-refractivity contribution is 8.15. The maximum absolute atomic E-state index is 10.8. The van der Waals surface area contributed by atoms with E-state index in [1.54, 1.807) is 6.20 Å². The minimum absolute atomic E-state index is 0.00361. The quantitative estimate of drug-likeness (QED) is 0.671. The maximum Gasteiger partial charge on any atom is 0.236 e. The Morgan fingerprint density at radius 3 is 3.23 bits per heavy atom. The van der Waals surface area contributed by atoms with Gasteiger partial charge in [0.05, 0.1) is 18.5 Å². The van der Waals surface area contributed by atoms with E-state index in [1.165, 1.54) is 11.8 Å². The van der Waals surface area contributed by atoms with Crippen LogP contribution in [0.4, 0.5) is 0 Å². The second-order valence-electron chi connectivity index (χ2n) is 2.42. The minimum atomic E-state index is 0.00361. The molecule has 0 unspecified atom stereocenters. The molecular weight excluding hydrogens is 190 g/mol. The van der Waals surface area contributed by atoms with Crippen LogP contribution in [-0.2, 0) is 11.3 Å². The maximum atomic E-state index is 10.8. The lowest BCUT2D eigenvalue weighted by Crippen LogP contribution is -2.20. The molecule has 1 amide bonds. The number of amides is 1. The van der Waals surface area contributed by atoms with Crippen LogP contribution < -0.4 is 5.32 Å². The van der Waals surface area contributed by atoms with E-state index in [1.807, 2.05) is 0 Å². The number of nitrogens with zero attached hydrogens (tertiary/aromatic N) is 3. The third-order valence-corrected chi connectivity index (χ3v) is 2.35. The van der Waals surface area contributed by atoms with E-state index >= 15 is 0 Å². The summed E-state index contributed by atoms with van der Waals surface area (Å²) in [6, 6.07) is 0. The van der Waals surface area contributed by atoms with Gasteiger partial charge in [0.2, 0.25) is 5.91 Å². The lowest BCUT2D eigenvalue weighted by atomic mass is 10.5. The molecule has 2 N–H and O–H groups in total. The molecular formula is C6H7N5OS. The Morgan fingerprint density at radius 1 is 1.69 bits per heavy atom. The minimum Gasteiger partial charge on any atom is -0.305 e. The van der Waals surface area contributed by atoms with Crippen molar-refractivity contribution in [3.05, 3.63) is 11.9 Å². The molecule has 0 aromatic carbocycles. The third kappa shape index (κ3) is 2.05. The normalized spacial score (nSPS) is 19.4. The smallest absolute Gasteiger partial charge is 0.236 e. The fourth-order valence-corrected chi connectivity index (χ4v) is 1.55. The Hall–Kier alpha value is -1.37. The molecule has 1 aliphatic rings. The first-order valence-electron chi connectivity index (χ1n) is 3.66. The Bertz CT molecular complexity index is 333. The van der Waals surface area contributed by atoms with Crippen molar-refractivity contribution in [1.82, 2.24) is 20.7 Å². The summed E-state index contributed by atoms with van der Waals surface area (Å²) < 4.78 is 0. The molecule has 1 saturated heterocycles. The number of carbonyl (C=O) groups is 1. The number of hydrogen-bond donors (Lipinski definition) is 2. The second kappa shape index (κ2) is 3.56. The van der Waals surface area contributed by atoms with Crippen molar-refractivity contribution in [2.45, 2.75) is 6.54 Å². The predicted molar refractivity (Wildman–Crippen MR) is 48.1 cm³/mol. The summed E-state index contributed by atoms with van der Waals surface area (Å²) in [5.41, 5.74) is 0.759. The highest BCUT2D eigenvalue weighted by atomic mass is 32.2. The number of H-pyrrole nitrogens is 1. The first-order valence-corrected chi connectivity index (χ1v) is 4.65. The molecule has 0 saturated carbocycles. The monoisotopic (exact) mass is 197 g/mol. The number of aromatic amines is 1. The lowest BCUT2D eigenvalue weighted by molar-refractivity contribution is -0.116. The van der Waals surface area contributed by atoms with Gasteiger partial charge in [-0.15, -0.1) is 0 Å². The zero-order chi connectivity index (χ0) is 9.10. The van der Waals surface area contributed by atoms with Gasteiger partial charge in [-0.25, -0.2) is 0 Å². The number of nitrogens with one attached hydrogen (secondary N) is 2. The van der Waals surface area contributed by atoms with Crippen molar-refractivity contribution >= 4 is 22.8 Å². The van der Waals surface area contributed by atoms with Gasteiger partial charge in [0.25, 0.3) is 0 Å². The molecule has 1 aromatic heterocycles. The molecule has 6 nitrogen and oxygen atoms in total. The van der Waals surface area contributed by atoms with Gasteiger partial charge in [-0.1, -0.05) is 11.8 Å². The number of thioether (sulfide) groups is 1. The zero-order valence-corrected chi connectivity index (χ0v) is 7.47. The number of amidine groups is 1. The molecule has 0 radical (unpaired) electrons. The van der Waals surface area contributed by atoms with Crippen molar-refractivity contribution in [3.8, 4) is 0 Å². The molecule has 68 valence electrons. The van der Waals surface area contributed by atoms with E-state index in [2.05, 4.69) is 25.7 Å². The van der Waals surface area contributed by atoms with Crippen molar-refractivity contribution in [3.63, 3.8) is 0 Å². The van der Waals surface area contributed by atoms with Gasteiger partial charge >= 0.3 is 0 Å². The Kier molecular flexibility index (Phi) is 2.26. The van der Waals surface area contributed by atoms with Gasteiger partial charge in [0.15, 0.2) is 5.17 Å². The summed E-state index contributed by atoms with van der Waals surface area (Å²) in [5, 5.41) is 13.3. The Labute approximate surface area is 78.2 Å². The van der Waals surface area contributed by atoms with E-state index in [9.17, 15) is 4.79 Å². The fourth-order valence-electron chi connectivity index (χ4n) is 0.865. The molecule has 13 heavy (non-hydrogen) atoms. The predicted octanol–water partition coefficient (Wildman–Crippen LogP) is -0.476.